The molecule has 0 aliphatic rings. The molecule has 0 amide bonds. The molecule has 0 aliphatic carbocycles. The van der Waals surface area contributed by atoms with Crippen LogP contribution >= 0.6 is 0 Å². The van der Waals surface area contributed by atoms with E-state index in [0.717, 1.165) is 19.3 Å². The fraction of sp³-hybridized carbons (Fsp3) is 0.857. The maximum absolute atomic E-state index is 10.1. The van der Waals surface area contributed by atoms with Crippen LogP contribution < -0.4 is 5.73 Å². The van der Waals surface area contributed by atoms with Gasteiger partial charge in [0.15, 0.2) is 0 Å². The van der Waals surface area contributed by atoms with Crippen LogP contribution in [0.25, 0.3) is 0 Å². The van der Waals surface area contributed by atoms with E-state index in [4.69, 9.17) is 10.8 Å². The van der Waals surface area contributed by atoms with Crippen molar-refractivity contribution in [3.05, 3.63) is 0 Å². The van der Waals surface area contributed by atoms with E-state index in [2.05, 4.69) is 6.92 Å². The Bertz CT molecular complexity index is 104. The maximum atomic E-state index is 10.1. The number of carboxylic acids is 1. The van der Waals surface area contributed by atoms with Gasteiger partial charge in [-0.15, -0.1) is 0 Å². The van der Waals surface area contributed by atoms with Crippen molar-refractivity contribution in [3.63, 3.8) is 0 Å². The average Bonchev–Trinajstić information content (AvgIpc) is 1.82. The highest BCUT2D eigenvalue weighted by molar-refractivity contribution is 5.67. The highest BCUT2D eigenvalue weighted by Gasteiger charge is 2.05. The topological polar surface area (TPSA) is 63.3 Å². The van der Waals surface area contributed by atoms with E-state index in [0.29, 0.717) is 0 Å². The summed E-state index contributed by atoms with van der Waals surface area (Å²) in [5.41, 5.74) is 5.48. The highest BCUT2D eigenvalue weighted by Crippen LogP contribution is 2.00. The molecule has 0 fully saturated rings. The summed E-state index contributed by atoms with van der Waals surface area (Å²) in [5, 5.41) is 8.30. The first-order valence-corrected chi connectivity index (χ1v) is 3.64. The largest absolute Gasteiger partial charge is 0.481 e. The zero-order valence-corrected chi connectivity index (χ0v) is 6.34. The van der Waals surface area contributed by atoms with Crippen LogP contribution in [0.4, 0.5) is 0 Å². The predicted molar refractivity (Wildman–Crippen MR) is 39.8 cm³/mol. The van der Waals surface area contributed by atoms with Crippen molar-refractivity contribution in [2.75, 3.05) is 0 Å². The van der Waals surface area contributed by atoms with Gasteiger partial charge in [-0.1, -0.05) is 19.8 Å². The normalized spacial score (nSPS) is 13.0. The molecule has 0 saturated heterocycles. The van der Waals surface area contributed by atoms with E-state index in [-0.39, 0.29) is 12.5 Å². The van der Waals surface area contributed by atoms with Crippen molar-refractivity contribution in [2.45, 2.75) is 38.6 Å². The molecule has 0 aromatic carbocycles. The van der Waals surface area contributed by atoms with Gasteiger partial charge in [0.2, 0.25) is 0 Å². The Balaban J connectivity index is 3.25. The summed E-state index contributed by atoms with van der Waals surface area (Å²) in [6.07, 6.45) is 3.02. The van der Waals surface area contributed by atoms with Gasteiger partial charge in [-0.25, -0.2) is 0 Å². The van der Waals surface area contributed by atoms with Crippen molar-refractivity contribution in [1.82, 2.24) is 0 Å². The molecule has 0 aliphatic heterocycles. The van der Waals surface area contributed by atoms with Crippen molar-refractivity contribution in [1.29, 1.82) is 0 Å². The molecule has 0 heterocycles. The second-order valence-electron chi connectivity index (χ2n) is 2.50. The molecule has 3 N–H and O–H groups in total. The molecule has 10 heavy (non-hydrogen) atoms. The monoisotopic (exact) mass is 145 g/mol. The van der Waals surface area contributed by atoms with Crippen LogP contribution in [0.5, 0.6) is 0 Å². The lowest BCUT2D eigenvalue weighted by molar-refractivity contribution is -0.137. The predicted octanol–water partition coefficient (Wildman–Crippen LogP) is 0.979. The molecule has 3 nitrogen and oxygen atoms in total. The summed E-state index contributed by atoms with van der Waals surface area (Å²) in [7, 11) is 0. The third kappa shape index (κ3) is 5.56. The van der Waals surface area contributed by atoms with Crippen LogP contribution in [-0.4, -0.2) is 17.1 Å². The van der Waals surface area contributed by atoms with Crippen LogP contribution in [0.15, 0.2) is 0 Å². The van der Waals surface area contributed by atoms with E-state index >= 15 is 0 Å². The van der Waals surface area contributed by atoms with Crippen molar-refractivity contribution < 1.29 is 9.90 Å². The Labute approximate surface area is 61.2 Å². The number of hydrogen-bond donors (Lipinski definition) is 2. The summed E-state index contributed by atoms with van der Waals surface area (Å²) < 4.78 is 0. The number of carboxylic acid groups (broad SMARTS) is 1. The molecule has 0 saturated carbocycles. The molecule has 0 aromatic heterocycles. The fourth-order valence-corrected chi connectivity index (χ4v) is 0.793. The summed E-state index contributed by atoms with van der Waals surface area (Å²) >= 11 is 0. The molecule has 3 heteroatoms. The van der Waals surface area contributed by atoms with Gasteiger partial charge in [0.1, 0.15) is 0 Å². The highest BCUT2D eigenvalue weighted by atomic mass is 16.4. The van der Waals surface area contributed by atoms with E-state index in [1.54, 1.807) is 0 Å². The second kappa shape index (κ2) is 5.23. The van der Waals surface area contributed by atoms with Crippen LogP contribution in [0.1, 0.15) is 32.6 Å². The van der Waals surface area contributed by atoms with Gasteiger partial charge in [0, 0.05) is 6.04 Å². The average molecular weight is 145 g/mol. The standard InChI is InChI=1S/C7H15NO2/c1-2-3-4-6(8)5-7(9)10/h6H,2-5,8H2,1H3,(H,9,10)/t6-/m0/s1. The minimum atomic E-state index is -0.802. The van der Waals surface area contributed by atoms with Gasteiger partial charge in [0.25, 0.3) is 0 Å². The number of hydrogen-bond acceptors (Lipinski definition) is 2. The lowest BCUT2D eigenvalue weighted by Crippen LogP contribution is -2.23. The second-order valence-corrected chi connectivity index (χ2v) is 2.50. The third-order valence-corrected chi connectivity index (χ3v) is 1.37. The first kappa shape index (κ1) is 9.43. The van der Waals surface area contributed by atoms with E-state index in [1.165, 1.54) is 0 Å². The Morgan fingerprint density at radius 2 is 2.30 bits per heavy atom. The van der Waals surface area contributed by atoms with Crippen LogP contribution in [0.3, 0.4) is 0 Å². The minimum Gasteiger partial charge on any atom is -0.481 e. The van der Waals surface area contributed by atoms with E-state index < -0.39 is 5.97 Å². The first-order chi connectivity index (χ1) is 4.66. The molecular formula is C7H15NO2. The number of unbranched alkanes of at least 4 members (excludes halogenated alkanes) is 1. The summed E-state index contributed by atoms with van der Waals surface area (Å²) in [4.78, 5) is 10.1. The van der Waals surface area contributed by atoms with Gasteiger partial charge < -0.3 is 10.8 Å². The molecule has 1 atom stereocenters. The minimum absolute atomic E-state index is 0.0972. The van der Waals surface area contributed by atoms with Gasteiger partial charge in [0.05, 0.1) is 6.42 Å². The molecule has 0 rings (SSSR count). The van der Waals surface area contributed by atoms with Crippen molar-refractivity contribution in [3.8, 4) is 0 Å². The summed E-state index contributed by atoms with van der Waals surface area (Å²) in [6, 6.07) is -0.155. The van der Waals surface area contributed by atoms with Gasteiger partial charge in [-0.05, 0) is 6.42 Å². The molecule has 0 radical (unpaired) electrons. The Morgan fingerprint density at radius 3 is 2.70 bits per heavy atom. The molecule has 0 spiro atoms. The summed E-state index contributed by atoms with van der Waals surface area (Å²) in [6.45, 7) is 2.06. The molecule has 0 unspecified atom stereocenters. The molecular weight excluding hydrogens is 130 g/mol. The number of nitrogens with two attached hydrogens (primary N) is 1. The Morgan fingerprint density at radius 1 is 1.70 bits per heavy atom. The zero-order chi connectivity index (χ0) is 7.98. The van der Waals surface area contributed by atoms with Gasteiger partial charge in [-0.3, -0.25) is 4.79 Å². The zero-order valence-electron chi connectivity index (χ0n) is 6.34. The van der Waals surface area contributed by atoms with Crippen molar-refractivity contribution in [2.24, 2.45) is 5.73 Å². The van der Waals surface area contributed by atoms with Crippen LogP contribution in [0, 0.1) is 0 Å². The quantitative estimate of drug-likeness (QED) is 0.606. The molecule has 0 bridgehead atoms. The first-order valence-electron chi connectivity index (χ1n) is 3.64. The number of rotatable bonds is 5. The SMILES string of the molecule is CCCC[C@H](N)CC(=O)O. The number of aliphatic carboxylic acids is 1. The number of carbonyl (C=O) groups is 1. The molecule has 0 aromatic rings. The maximum Gasteiger partial charge on any atom is 0.304 e. The third-order valence-electron chi connectivity index (χ3n) is 1.37. The van der Waals surface area contributed by atoms with Crippen LogP contribution in [0.2, 0.25) is 0 Å². The Hall–Kier alpha value is -0.570. The summed E-state index contributed by atoms with van der Waals surface area (Å²) in [5.74, 6) is -0.802. The van der Waals surface area contributed by atoms with Gasteiger partial charge in [-0.2, -0.15) is 0 Å². The van der Waals surface area contributed by atoms with E-state index in [1.807, 2.05) is 0 Å². The van der Waals surface area contributed by atoms with Crippen LogP contribution in [-0.2, 0) is 4.79 Å². The smallest absolute Gasteiger partial charge is 0.304 e. The fourth-order valence-electron chi connectivity index (χ4n) is 0.793. The molecule has 60 valence electrons. The van der Waals surface area contributed by atoms with Crippen molar-refractivity contribution >= 4 is 5.97 Å². The lowest BCUT2D eigenvalue weighted by atomic mass is 10.1. The lowest BCUT2D eigenvalue weighted by Gasteiger charge is -2.05. The Kier molecular flexibility index (Phi) is 4.94. The van der Waals surface area contributed by atoms with E-state index in [9.17, 15) is 4.79 Å². The van der Waals surface area contributed by atoms with Gasteiger partial charge >= 0.3 is 5.97 Å².